The number of hydrogen-bond acceptors (Lipinski definition) is 4. The number of hydrogen-bond donors (Lipinski definition) is 1. The Hall–Kier alpha value is -0.440. The number of thiophene rings is 1. The summed E-state index contributed by atoms with van der Waals surface area (Å²) in [6, 6.07) is 1.56. The number of piperidine rings is 1. The number of nitrogens with zero attached hydrogens (tertiary/aromatic N) is 1. The quantitative estimate of drug-likeness (QED) is 0.869. The summed E-state index contributed by atoms with van der Waals surface area (Å²) in [7, 11) is -3.62. The van der Waals surface area contributed by atoms with Crippen molar-refractivity contribution in [3.63, 3.8) is 0 Å². The first-order chi connectivity index (χ1) is 9.40. The van der Waals surface area contributed by atoms with E-state index < -0.39 is 10.0 Å². The molecule has 1 amide bonds. The summed E-state index contributed by atoms with van der Waals surface area (Å²) in [4.78, 5) is 14.6. The molecule has 0 unspecified atom stereocenters. The first-order valence-corrected chi connectivity index (χ1v) is 9.53. The van der Waals surface area contributed by atoms with Gasteiger partial charge in [0.1, 0.15) is 0 Å². The molecule has 0 aliphatic carbocycles. The minimum Gasteiger partial charge on any atom is -0.342 e. The number of rotatable bonds is 4. The summed E-state index contributed by atoms with van der Waals surface area (Å²) in [5, 5.41) is 0. The molecular weight excluding hydrogens is 364 g/mol. The third kappa shape index (κ3) is 3.81. The van der Waals surface area contributed by atoms with Crippen LogP contribution in [0.4, 0.5) is 0 Å². The summed E-state index contributed by atoms with van der Waals surface area (Å²) in [5.74, 6) is -0.153. The Morgan fingerprint density at radius 3 is 2.60 bits per heavy atom. The van der Waals surface area contributed by atoms with E-state index in [-0.39, 0.29) is 17.3 Å². The van der Waals surface area contributed by atoms with Crippen LogP contribution >= 0.6 is 27.3 Å². The van der Waals surface area contributed by atoms with Crippen LogP contribution in [0.3, 0.4) is 0 Å². The molecule has 0 radical (unpaired) electrons. The van der Waals surface area contributed by atoms with E-state index in [9.17, 15) is 13.2 Å². The highest BCUT2D eigenvalue weighted by Crippen LogP contribution is 2.29. The molecule has 1 N–H and O–H groups in total. The molecule has 1 aliphatic rings. The van der Waals surface area contributed by atoms with Gasteiger partial charge in [-0.2, -0.15) is 0 Å². The van der Waals surface area contributed by atoms with Gasteiger partial charge in [-0.15, -0.1) is 11.3 Å². The molecule has 2 heterocycles. The minimum absolute atomic E-state index is 0.153. The molecule has 2 rings (SSSR count). The zero-order valence-corrected chi connectivity index (χ0v) is 14.4. The SMILES string of the molecule is Cc1sc(Br)cc1S(=O)(=O)NCC(=O)N1CCCCC1. The Kier molecular flexibility index (Phi) is 5.22. The highest BCUT2D eigenvalue weighted by atomic mass is 79.9. The molecule has 8 heteroatoms. The fourth-order valence-electron chi connectivity index (χ4n) is 2.19. The number of aryl methyl sites for hydroxylation is 1. The van der Waals surface area contributed by atoms with Gasteiger partial charge in [-0.25, -0.2) is 13.1 Å². The van der Waals surface area contributed by atoms with Crippen molar-refractivity contribution in [3.8, 4) is 0 Å². The molecule has 1 aromatic heterocycles. The Morgan fingerprint density at radius 2 is 2.05 bits per heavy atom. The summed E-state index contributed by atoms with van der Waals surface area (Å²) >= 11 is 4.63. The van der Waals surface area contributed by atoms with Gasteiger partial charge in [0, 0.05) is 18.0 Å². The molecule has 112 valence electrons. The summed E-state index contributed by atoms with van der Waals surface area (Å²) in [6.45, 7) is 3.03. The second-order valence-corrected chi connectivity index (χ2v) is 9.11. The van der Waals surface area contributed by atoms with Crippen LogP contribution in [0.5, 0.6) is 0 Å². The largest absolute Gasteiger partial charge is 0.342 e. The lowest BCUT2D eigenvalue weighted by molar-refractivity contribution is -0.130. The number of sulfonamides is 1. The highest BCUT2D eigenvalue weighted by Gasteiger charge is 2.22. The van der Waals surface area contributed by atoms with Crippen LogP contribution in [-0.2, 0) is 14.8 Å². The predicted molar refractivity (Wildman–Crippen MR) is 82.4 cm³/mol. The maximum absolute atomic E-state index is 12.2. The van der Waals surface area contributed by atoms with Gasteiger partial charge < -0.3 is 4.90 Å². The van der Waals surface area contributed by atoms with E-state index in [1.165, 1.54) is 11.3 Å². The third-order valence-electron chi connectivity index (χ3n) is 3.25. The molecule has 20 heavy (non-hydrogen) atoms. The van der Waals surface area contributed by atoms with Crippen LogP contribution in [0.15, 0.2) is 14.7 Å². The minimum atomic E-state index is -3.62. The van der Waals surface area contributed by atoms with Gasteiger partial charge in [0.15, 0.2) is 0 Å². The molecule has 0 saturated carbocycles. The Bertz CT molecular complexity index is 592. The van der Waals surface area contributed by atoms with Gasteiger partial charge in [-0.1, -0.05) is 0 Å². The number of amides is 1. The Morgan fingerprint density at radius 1 is 1.40 bits per heavy atom. The first kappa shape index (κ1) is 15.9. The van der Waals surface area contributed by atoms with Crippen molar-refractivity contribution in [2.24, 2.45) is 0 Å². The van der Waals surface area contributed by atoms with Gasteiger partial charge in [-0.3, -0.25) is 4.79 Å². The summed E-state index contributed by atoms with van der Waals surface area (Å²) in [5.41, 5.74) is 0. The van der Waals surface area contributed by atoms with E-state index in [4.69, 9.17) is 0 Å². The maximum Gasteiger partial charge on any atom is 0.242 e. The molecule has 0 bridgehead atoms. The summed E-state index contributed by atoms with van der Waals surface area (Å²) < 4.78 is 27.5. The molecule has 1 aliphatic heterocycles. The normalized spacial score (nSPS) is 16.4. The molecule has 0 aromatic carbocycles. The van der Waals surface area contributed by atoms with E-state index in [2.05, 4.69) is 20.7 Å². The third-order valence-corrected chi connectivity index (χ3v) is 6.46. The van der Waals surface area contributed by atoms with E-state index in [1.54, 1.807) is 17.9 Å². The Labute approximate surface area is 131 Å². The van der Waals surface area contributed by atoms with E-state index >= 15 is 0 Å². The summed E-state index contributed by atoms with van der Waals surface area (Å²) in [6.07, 6.45) is 3.13. The van der Waals surface area contributed by atoms with E-state index in [1.807, 2.05) is 0 Å². The van der Waals surface area contributed by atoms with Gasteiger partial charge >= 0.3 is 0 Å². The van der Waals surface area contributed by atoms with Gasteiger partial charge in [0.05, 0.1) is 15.2 Å². The molecule has 1 aromatic rings. The molecule has 0 atom stereocenters. The van der Waals surface area contributed by atoms with Crippen LogP contribution < -0.4 is 4.72 Å². The van der Waals surface area contributed by atoms with Crippen molar-refractivity contribution in [2.75, 3.05) is 19.6 Å². The number of halogens is 1. The van der Waals surface area contributed by atoms with Crippen molar-refractivity contribution >= 4 is 43.2 Å². The fraction of sp³-hybridized carbons (Fsp3) is 0.583. The van der Waals surface area contributed by atoms with Crippen LogP contribution in [0.2, 0.25) is 0 Å². The van der Waals surface area contributed by atoms with E-state index in [0.29, 0.717) is 4.88 Å². The number of carbonyl (C=O) groups excluding carboxylic acids is 1. The van der Waals surface area contributed by atoms with Crippen LogP contribution in [-0.4, -0.2) is 38.9 Å². The lowest BCUT2D eigenvalue weighted by Gasteiger charge is -2.26. The molecular formula is C12H17BrN2O3S2. The lowest BCUT2D eigenvalue weighted by atomic mass is 10.1. The second-order valence-electron chi connectivity index (χ2n) is 4.74. The topological polar surface area (TPSA) is 66.5 Å². The molecule has 0 spiro atoms. The highest BCUT2D eigenvalue weighted by molar-refractivity contribution is 9.11. The lowest BCUT2D eigenvalue weighted by Crippen LogP contribution is -2.42. The van der Waals surface area contributed by atoms with Gasteiger partial charge in [-0.05, 0) is 48.2 Å². The van der Waals surface area contributed by atoms with Crippen molar-refractivity contribution in [2.45, 2.75) is 31.1 Å². The number of nitrogens with one attached hydrogen (secondary N) is 1. The predicted octanol–water partition coefficient (Wildman–Crippen LogP) is 2.11. The maximum atomic E-state index is 12.2. The standard InChI is InChI=1S/C12H17BrN2O3S2/c1-9-10(7-11(13)19-9)20(17,18)14-8-12(16)15-5-3-2-4-6-15/h7,14H,2-6,8H2,1H3. The molecule has 1 saturated heterocycles. The van der Waals surface area contributed by atoms with Crippen molar-refractivity contribution in [1.29, 1.82) is 0 Å². The van der Waals surface area contributed by atoms with Crippen molar-refractivity contribution in [1.82, 2.24) is 9.62 Å². The average Bonchev–Trinajstić information content (AvgIpc) is 2.77. The monoisotopic (exact) mass is 380 g/mol. The van der Waals surface area contributed by atoms with Crippen LogP contribution in [0, 0.1) is 6.92 Å². The molecule has 5 nitrogen and oxygen atoms in total. The van der Waals surface area contributed by atoms with Crippen LogP contribution in [0.1, 0.15) is 24.1 Å². The first-order valence-electron chi connectivity index (χ1n) is 6.43. The number of likely N-dealkylation sites (tertiary alicyclic amines) is 1. The zero-order chi connectivity index (χ0) is 14.8. The van der Waals surface area contributed by atoms with Gasteiger partial charge in [0.25, 0.3) is 0 Å². The smallest absolute Gasteiger partial charge is 0.242 e. The Balaban J connectivity index is 1.98. The van der Waals surface area contributed by atoms with Gasteiger partial charge in [0.2, 0.25) is 15.9 Å². The average molecular weight is 381 g/mol. The zero-order valence-electron chi connectivity index (χ0n) is 11.2. The van der Waals surface area contributed by atoms with Crippen LogP contribution in [0.25, 0.3) is 0 Å². The van der Waals surface area contributed by atoms with Crippen molar-refractivity contribution in [3.05, 3.63) is 14.7 Å². The second kappa shape index (κ2) is 6.55. The molecule has 1 fully saturated rings. The van der Waals surface area contributed by atoms with Crippen molar-refractivity contribution < 1.29 is 13.2 Å². The van der Waals surface area contributed by atoms with E-state index in [0.717, 1.165) is 36.1 Å². The number of carbonyl (C=O) groups is 1. The fourth-order valence-corrected chi connectivity index (χ4v) is 5.57.